The van der Waals surface area contributed by atoms with Crippen LogP contribution in [-0.2, 0) is 0 Å². The van der Waals surface area contributed by atoms with Crippen LogP contribution in [0.15, 0.2) is 0 Å². The Kier molecular flexibility index (Phi) is 30.8. The fraction of sp³-hybridized carbons (Fsp3) is 1.00. The van der Waals surface area contributed by atoms with E-state index in [-0.39, 0.29) is 0 Å². The van der Waals surface area contributed by atoms with Gasteiger partial charge >= 0.3 is 0 Å². The minimum Gasteiger partial charge on any atom is -0.396 e. The topological polar surface area (TPSA) is 20.2 Å². The molecule has 0 unspecified atom stereocenters. The highest BCUT2D eigenvalue weighted by Gasteiger charge is 1.81. The van der Waals surface area contributed by atoms with Gasteiger partial charge in [0.1, 0.15) is 0 Å². The Bertz CT molecular complexity index is 75.7. The smallest absolute Gasteiger partial charge is 0.180 e. The van der Waals surface area contributed by atoms with Crippen LogP contribution in [0.4, 0.5) is 0 Å². The molecule has 0 aromatic carbocycles. The molecule has 0 aliphatic rings. The standard InChI is InChI=1S/C6H14O.2CHCl3/c1-2-3-4-5-6-7;2*2-1(3)4/h7H,2-6H2,1H3;2*1H. The van der Waals surface area contributed by atoms with Crippen molar-refractivity contribution in [3.05, 3.63) is 0 Å². The Balaban J connectivity index is -0.000000155. The van der Waals surface area contributed by atoms with Crippen molar-refractivity contribution in [2.75, 3.05) is 6.61 Å². The molecular weight excluding hydrogens is 325 g/mol. The SMILES string of the molecule is CCCCCCO.ClC(Cl)Cl.ClC(Cl)Cl. The summed E-state index contributed by atoms with van der Waals surface area (Å²) in [7, 11) is 0. The minimum atomic E-state index is -0.750. The van der Waals surface area contributed by atoms with Crippen molar-refractivity contribution in [2.24, 2.45) is 0 Å². The average Bonchev–Trinajstić information content (AvgIpc) is 2.03. The summed E-state index contributed by atoms with van der Waals surface area (Å²) >= 11 is 28.8. The summed E-state index contributed by atoms with van der Waals surface area (Å²) in [6, 6.07) is 0. The largest absolute Gasteiger partial charge is 0.396 e. The van der Waals surface area contributed by atoms with Gasteiger partial charge in [-0.3, -0.25) is 0 Å². The summed E-state index contributed by atoms with van der Waals surface area (Å²) in [5.41, 5.74) is 0. The lowest BCUT2D eigenvalue weighted by atomic mass is 10.2. The number of hydrogen-bond donors (Lipinski definition) is 1. The van der Waals surface area contributed by atoms with Gasteiger partial charge in [-0.05, 0) is 6.42 Å². The van der Waals surface area contributed by atoms with E-state index < -0.39 is 8.59 Å². The highest BCUT2D eigenvalue weighted by atomic mass is 35.6. The zero-order chi connectivity index (χ0) is 12.7. The first-order valence-corrected chi connectivity index (χ1v) is 6.95. The van der Waals surface area contributed by atoms with Crippen LogP contribution in [0, 0.1) is 0 Å². The molecule has 0 aromatic heterocycles. The fourth-order valence-corrected chi connectivity index (χ4v) is 0.539. The van der Waals surface area contributed by atoms with Crippen LogP contribution in [-0.4, -0.2) is 20.3 Å². The quantitative estimate of drug-likeness (QED) is 0.526. The van der Waals surface area contributed by atoms with E-state index in [9.17, 15) is 0 Å². The van der Waals surface area contributed by atoms with Crippen molar-refractivity contribution in [3.63, 3.8) is 0 Å². The lowest BCUT2D eigenvalue weighted by Crippen LogP contribution is -1.80. The molecule has 0 saturated carbocycles. The van der Waals surface area contributed by atoms with Crippen molar-refractivity contribution in [1.29, 1.82) is 0 Å². The predicted octanol–water partition coefficient (Wildman–Crippen LogP) is 5.53. The van der Waals surface area contributed by atoms with Crippen molar-refractivity contribution in [3.8, 4) is 0 Å². The summed E-state index contributed by atoms with van der Waals surface area (Å²) in [6.07, 6.45) is 4.68. The average molecular weight is 341 g/mol. The molecule has 0 amide bonds. The molecule has 0 aliphatic heterocycles. The van der Waals surface area contributed by atoms with Crippen LogP contribution in [0.25, 0.3) is 0 Å². The molecule has 0 aliphatic carbocycles. The van der Waals surface area contributed by atoms with Gasteiger partial charge in [-0.25, -0.2) is 0 Å². The Morgan fingerprint density at radius 2 is 1.13 bits per heavy atom. The first kappa shape index (κ1) is 21.9. The Morgan fingerprint density at radius 3 is 1.33 bits per heavy atom. The highest BCUT2D eigenvalue weighted by Crippen LogP contribution is 2.04. The summed E-state index contributed by atoms with van der Waals surface area (Å²) in [5.74, 6) is 0. The van der Waals surface area contributed by atoms with Crippen LogP contribution < -0.4 is 0 Å². The first-order chi connectivity index (χ1) is 6.88. The van der Waals surface area contributed by atoms with E-state index in [0.29, 0.717) is 6.61 Å². The molecule has 0 rings (SSSR count). The molecule has 0 spiro atoms. The normalized spacial score (nSPS) is 9.20. The van der Waals surface area contributed by atoms with Gasteiger partial charge in [0.15, 0.2) is 8.59 Å². The Hall–Kier alpha value is 1.70. The zero-order valence-electron chi connectivity index (χ0n) is 8.41. The summed E-state index contributed by atoms with van der Waals surface area (Å²) in [6.45, 7) is 2.53. The number of aliphatic hydroxyl groups excluding tert-OH is 1. The number of alkyl halides is 6. The van der Waals surface area contributed by atoms with E-state index in [0.717, 1.165) is 6.42 Å². The van der Waals surface area contributed by atoms with E-state index in [2.05, 4.69) is 6.92 Å². The monoisotopic (exact) mass is 338 g/mol. The van der Waals surface area contributed by atoms with Gasteiger partial charge in [-0.15, -0.1) is 0 Å². The lowest BCUT2D eigenvalue weighted by molar-refractivity contribution is 0.283. The molecule has 0 radical (unpaired) electrons. The van der Waals surface area contributed by atoms with Gasteiger partial charge in [-0.1, -0.05) is 95.8 Å². The second kappa shape index (κ2) is 21.0. The second-order valence-electron chi connectivity index (χ2n) is 2.28. The van der Waals surface area contributed by atoms with E-state index >= 15 is 0 Å². The third-order valence-electron chi connectivity index (χ3n) is 1.01. The van der Waals surface area contributed by atoms with Crippen LogP contribution in [0.5, 0.6) is 0 Å². The minimum absolute atomic E-state index is 0.361. The molecule has 7 heteroatoms. The Morgan fingerprint density at radius 1 is 0.800 bits per heavy atom. The van der Waals surface area contributed by atoms with E-state index in [1.165, 1.54) is 19.3 Å². The van der Waals surface area contributed by atoms with Gasteiger partial charge in [-0.2, -0.15) is 0 Å². The van der Waals surface area contributed by atoms with Crippen LogP contribution in [0.2, 0.25) is 0 Å². The summed E-state index contributed by atoms with van der Waals surface area (Å²) in [5, 5.41) is 8.29. The third-order valence-corrected chi connectivity index (χ3v) is 1.01. The van der Waals surface area contributed by atoms with Crippen LogP contribution in [0.3, 0.4) is 0 Å². The molecule has 0 saturated heterocycles. The Labute approximate surface area is 122 Å². The molecule has 0 bridgehead atoms. The number of aliphatic hydroxyl groups is 1. The third kappa shape index (κ3) is 90.7. The zero-order valence-corrected chi connectivity index (χ0v) is 12.9. The van der Waals surface area contributed by atoms with Crippen molar-refractivity contribution >= 4 is 69.6 Å². The molecule has 0 fully saturated rings. The first-order valence-electron chi connectivity index (χ1n) is 4.33. The molecule has 96 valence electrons. The van der Waals surface area contributed by atoms with Crippen LogP contribution in [0.1, 0.15) is 32.6 Å². The van der Waals surface area contributed by atoms with Crippen LogP contribution >= 0.6 is 69.6 Å². The van der Waals surface area contributed by atoms with E-state index in [1.54, 1.807) is 0 Å². The van der Waals surface area contributed by atoms with Gasteiger partial charge in [0.25, 0.3) is 0 Å². The molecule has 0 heterocycles. The van der Waals surface area contributed by atoms with Gasteiger partial charge < -0.3 is 5.11 Å². The van der Waals surface area contributed by atoms with Crippen molar-refractivity contribution in [2.45, 2.75) is 41.2 Å². The lowest BCUT2D eigenvalue weighted by Gasteiger charge is -1.90. The molecule has 1 N–H and O–H groups in total. The number of unbranched alkanes of at least 4 members (excludes halogenated alkanes) is 3. The van der Waals surface area contributed by atoms with Crippen molar-refractivity contribution in [1.82, 2.24) is 0 Å². The maximum absolute atomic E-state index is 8.29. The van der Waals surface area contributed by atoms with E-state index in [4.69, 9.17) is 74.7 Å². The van der Waals surface area contributed by atoms with Crippen molar-refractivity contribution < 1.29 is 5.11 Å². The van der Waals surface area contributed by atoms with Gasteiger partial charge in [0, 0.05) is 6.61 Å². The molecule has 1 nitrogen and oxygen atoms in total. The fourth-order valence-electron chi connectivity index (χ4n) is 0.539. The summed E-state index contributed by atoms with van der Waals surface area (Å²) in [4.78, 5) is 0. The molecule has 15 heavy (non-hydrogen) atoms. The maximum atomic E-state index is 8.29. The number of hydrogen-bond acceptors (Lipinski definition) is 1. The summed E-state index contributed by atoms with van der Waals surface area (Å²) < 4.78 is -1.50. The van der Waals surface area contributed by atoms with E-state index in [1.807, 2.05) is 0 Å². The maximum Gasteiger partial charge on any atom is 0.180 e. The molecule has 0 aromatic rings. The van der Waals surface area contributed by atoms with Gasteiger partial charge in [0.05, 0.1) is 0 Å². The number of halogens is 6. The second-order valence-corrected chi connectivity index (χ2v) is 6.24. The predicted molar refractivity (Wildman–Crippen MR) is 73.9 cm³/mol. The highest BCUT2D eigenvalue weighted by molar-refractivity contribution is 6.63. The number of rotatable bonds is 4. The molecular formula is C8H16Cl6O. The van der Waals surface area contributed by atoms with Gasteiger partial charge in [0.2, 0.25) is 0 Å². The molecule has 0 atom stereocenters.